The summed E-state index contributed by atoms with van der Waals surface area (Å²) in [6.45, 7) is 4.61. The van der Waals surface area contributed by atoms with Crippen LogP contribution in [0.3, 0.4) is 0 Å². The van der Waals surface area contributed by atoms with Crippen LogP contribution in [0.25, 0.3) is 0 Å². The van der Waals surface area contributed by atoms with Crippen molar-refractivity contribution < 1.29 is 4.74 Å². The molecule has 0 aliphatic heterocycles. The van der Waals surface area contributed by atoms with Crippen molar-refractivity contribution in [3.05, 3.63) is 29.3 Å². The summed E-state index contributed by atoms with van der Waals surface area (Å²) in [7, 11) is 0. The van der Waals surface area contributed by atoms with Crippen molar-refractivity contribution in [1.82, 2.24) is 0 Å². The predicted molar refractivity (Wildman–Crippen MR) is 72.4 cm³/mol. The minimum atomic E-state index is 0.661. The van der Waals surface area contributed by atoms with Gasteiger partial charge in [0.1, 0.15) is 5.75 Å². The van der Waals surface area contributed by atoms with E-state index in [0.29, 0.717) is 6.61 Å². The highest BCUT2D eigenvalue weighted by Crippen LogP contribution is 2.30. The maximum Gasteiger partial charge on any atom is 0.120 e. The minimum Gasteiger partial charge on any atom is -0.494 e. The molecule has 0 aromatic heterocycles. The number of thioether (sulfide) groups is 1. The molecule has 4 heteroatoms. The topological polar surface area (TPSA) is 35.2 Å². The Morgan fingerprint density at radius 3 is 2.94 bits per heavy atom. The molecule has 1 rings (SSSR count). The molecule has 0 saturated heterocycles. The zero-order chi connectivity index (χ0) is 12.0. The number of nitrogens with two attached hydrogens (primary N) is 1. The summed E-state index contributed by atoms with van der Waals surface area (Å²) in [5.74, 6) is 1.69. The normalized spacial score (nSPS) is 11.6. The van der Waals surface area contributed by atoms with Crippen LogP contribution in [0.4, 0.5) is 5.69 Å². The average molecular weight is 258 g/mol. The summed E-state index contributed by atoms with van der Waals surface area (Å²) in [6, 6.07) is 5.71. The van der Waals surface area contributed by atoms with Crippen LogP contribution in [-0.4, -0.2) is 12.4 Å². The molecule has 1 aromatic carbocycles. The van der Waals surface area contributed by atoms with Crippen molar-refractivity contribution in [2.45, 2.75) is 18.7 Å². The third kappa shape index (κ3) is 3.99. The molecule has 2 nitrogen and oxygen atoms in total. The number of rotatable bonds is 5. The average Bonchev–Trinajstić information content (AvgIpc) is 2.29. The highest BCUT2D eigenvalue weighted by molar-refractivity contribution is 7.99. The van der Waals surface area contributed by atoms with Gasteiger partial charge in [-0.2, -0.15) is 0 Å². The van der Waals surface area contributed by atoms with Gasteiger partial charge >= 0.3 is 0 Å². The van der Waals surface area contributed by atoms with E-state index in [-0.39, 0.29) is 0 Å². The van der Waals surface area contributed by atoms with Gasteiger partial charge in [0.25, 0.3) is 0 Å². The molecule has 0 unspecified atom stereocenters. The highest BCUT2D eigenvalue weighted by atomic mass is 35.5. The lowest BCUT2D eigenvalue weighted by Gasteiger charge is -2.08. The van der Waals surface area contributed by atoms with E-state index in [1.54, 1.807) is 17.3 Å². The van der Waals surface area contributed by atoms with Gasteiger partial charge in [-0.25, -0.2) is 0 Å². The van der Waals surface area contributed by atoms with Crippen molar-refractivity contribution in [3.8, 4) is 5.75 Å². The third-order valence-electron chi connectivity index (χ3n) is 1.94. The van der Waals surface area contributed by atoms with Crippen molar-refractivity contribution in [3.63, 3.8) is 0 Å². The van der Waals surface area contributed by atoms with Crippen LogP contribution < -0.4 is 10.5 Å². The van der Waals surface area contributed by atoms with E-state index in [2.05, 4.69) is 0 Å². The Kier molecular flexibility index (Phi) is 5.56. The molecule has 16 heavy (non-hydrogen) atoms. The smallest absolute Gasteiger partial charge is 0.120 e. The van der Waals surface area contributed by atoms with E-state index in [0.717, 1.165) is 27.7 Å². The Balaban J connectivity index is 2.73. The molecule has 2 N–H and O–H groups in total. The van der Waals surface area contributed by atoms with Gasteiger partial charge in [0.15, 0.2) is 0 Å². The molecule has 0 heterocycles. The van der Waals surface area contributed by atoms with E-state index in [1.165, 1.54) is 0 Å². The molecule has 0 saturated carbocycles. The summed E-state index contributed by atoms with van der Waals surface area (Å²) >= 11 is 7.27. The zero-order valence-corrected chi connectivity index (χ0v) is 11.1. The summed E-state index contributed by atoms with van der Waals surface area (Å²) in [6.07, 6.45) is 0. The monoisotopic (exact) mass is 257 g/mol. The molecular weight excluding hydrogens is 242 g/mol. The molecule has 0 aliphatic rings. The highest BCUT2D eigenvalue weighted by Gasteiger charge is 2.03. The molecule has 0 atom stereocenters. The lowest BCUT2D eigenvalue weighted by molar-refractivity contribution is 0.339. The first-order valence-electron chi connectivity index (χ1n) is 5.08. The van der Waals surface area contributed by atoms with Gasteiger partial charge in [0, 0.05) is 21.9 Å². The fourth-order valence-electron chi connectivity index (χ4n) is 1.12. The quantitative estimate of drug-likeness (QED) is 0.642. The Morgan fingerprint density at radius 2 is 2.31 bits per heavy atom. The van der Waals surface area contributed by atoms with Crippen LogP contribution in [0.15, 0.2) is 34.2 Å². The Labute approximate surface area is 106 Å². The molecule has 0 radical (unpaired) electrons. The van der Waals surface area contributed by atoms with Gasteiger partial charge in [0.05, 0.1) is 6.61 Å². The van der Waals surface area contributed by atoms with E-state index >= 15 is 0 Å². The Bertz CT molecular complexity index is 379. The van der Waals surface area contributed by atoms with E-state index in [1.807, 2.05) is 32.0 Å². The maximum absolute atomic E-state index is 5.88. The van der Waals surface area contributed by atoms with Gasteiger partial charge < -0.3 is 10.5 Å². The van der Waals surface area contributed by atoms with Gasteiger partial charge in [-0.3, -0.25) is 0 Å². The second kappa shape index (κ2) is 6.71. The first-order valence-corrected chi connectivity index (χ1v) is 6.50. The second-order valence-electron chi connectivity index (χ2n) is 3.38. The summed E-state index contributed by atoms with van der Waals surface area (Å²) in [5, 5.41) is 0. The fourth-order valence-corrected chi connectivity index (χ4v) is 2.19. The molecular formula is C12H16ClNOS. The first kappa shape index (κ1) is 13.3. The number of benzene rings is 1. The lowest BCUT2D eigenvalue weighted by atomic mass is 10.3. The minimum absolute atomic E-state index is 0.661. The van der Waals surface area contributed by atoms with Gasteiger partial charge in [-0.1, -0.05) is 17.2 Å². The molecule has 1 aromatic rings. The van der Waals surface area contributed by atoms with Crippen LogP contribution in [0.1, 0.15) is 13.8 Å². The second-order valence-corrected chi connectivity index (χ2v) is 4.61. The first-order chi connectivity index (χ1) is 7.67. The number of anilines is 1. The lowest BCUT2D eigenvalue weighted by Crippen LogP contribution is -1.94. The molecule has 0 amide bonds. The maximum atomic E-state index is 5.88. The standard InChI is InChI=1S/C12H16ClNOS/c1-3-15-10-4-5-11(14)12(6-10)16-8-9(2)7-13/h4-7H,3,8,14H2,1-2H3/b9-7+. The Hall–Kier alpha value is -0.800. The molecule has 0 spiro atoms. The summed E-state index contributed by atoms with van der Waals surface area (Å²) in [5.41, 5.74) is 9.37. The molecule has 0 bridgehead atoms. The number of hydrogen-bond acceptors (Lipinski definition) is 3. The van der Waals surface area contributed by atoms with Crippen molar-refractivity contribution in [1.29, 1.82) is 0 Å². The van der Waals surface area contributed by atoms with Crippen LogP contribution in [0.2, 0.25) is 0 Å². The molecule has 0 fully saturated rings. The third-order valence-corrected chi connectivity index (χ3v) is 3.57. The number of nitrogen functional groups attached to an aromatic ring is 1. The number of ether oxygens (including phenoxy) is 1. The summed E-state index contributed by atoms with van der Waals surface area (Å²) < 4.78 is 5.43. The fraction of sp³-hybridized carbons (Fsp3) is 0.333. The predicted octanol–water partition coefficient (Wildman–Crippen LogP) is 3.90. The zero-order valence-electron chi connectivity index (χ0n) is 9.50. The summed E-state index contributed by atoms with van der Waals surface area (Å²) in [4.78, 5) is 1.03. The van der Waals surface area contributed by atoms with Crippen LogP contribution >= 0.6 is 23.4 Å². The van der Waals surface area contributed by atoms with Crippen LogP contribution in [-0.2, 0) is 0 Å². The van der Waals surface area contributed by atoms with Crippen molar-refractivity contribution in [2.75, 3.05) is 18.1 Å². The van der Waals surface area contributed by atoms with Gasteiger partial charge in [-0.05, 0) is 32.0 Å². The van der Waals surface area contributed by atoms with E-state index < -0.39 is 0 Å². The van der Waals surface area contributed by atoms with Crippen LogP contribution in [0.5, 0.6) is 5.75 Å². The van der Waals surface area contributed by atoms with Gasteiger partial charge in [0.2, 0.25) is 0 Å². The van der Waals surface area contributed by atoms with Crippen molar-refractivity contribution in [2.24, 2.45) is 0 Å². The van der Waals surface area contributed by atoms with E-state index in [9.17, 15) is 0 Å². The Morgan fingerprint density at radius 1 is 1.56 bits per heavy atom. The van der Waals surface area contributed by atoms with Gasteiger partial charge in [-0.15, -0.1) is 11.8 Å². The largest absolute Gasteiger partial charge is 0.494 e. The molecule has 88 valence electrons. The van der Waals surface area contributed by atoms with Crippen LogP contribution in [0, 0.1) is 0 Å². The van der Waals surface area contributed by atoms with E-state index in [4.69, 9.17) is 22.1 Å². The number of halogens is 1. The molecule has 0 aliphatic carbocycles. The number of hydrogen-bond donors (Lipinski definition) is 1. The SMILES string of the molecule is CCOc1ccc(N)c(SC/C(C)=C/Cl)c1. The van der Waals surface area contributed by atoms with Crippen molar-refractivity contribution >= 4 is 29.1 Å².